The van der Waals surface area contributed by atoms with Gasteiger partial charge in [-0.1, -0.05) is 12.8 Å². The van der Waals surface area contributed by atoms with Crippen molar-refractivity contribution in [3.63, 3.8) is 0 Å². The van der Waals surface area contributed by atoms with Crippen molar-refractivity contribution in [3.8, 4) is 0 Å². The Morgan fingerprint density at radius 2 is 1.57 bits per heavy atom. The molecule has 1 aromatic carbocycles. The molecule has 2 saturated heterocycles. The first-order valence-electron chi connectivity index (χ1n) is 11.6. The summed E-state index contributed by atoms with van der Waals surface area (Å²) in [5.74, 6) is 0.704. The molecule has 1 saturated carbocycles. The molecule has 3 aliphatic rings. The minimum absolute atomic E-state index is 0.0483. The number of hydrogen-bond acceptors (Lipinski definition) is 2. The van der Waals surface area contributed by atoms with E-state index >= 15 is 0 Å². The molecule has 0 spiro atoms. The second-order valence-corrected chi connectivity index (χ2v) is 9.25. The maximum absolute atomic E-state index is 13.0. The molecule has 3 fully saturated rings. The number of quaternary nitrogens is 2. The number of piperidine rings is 1. The molecule has 0 unspecified atom stereocenters. The number of benzene rings is 1. The average molecular weight is 419 g/mol. The quantitative estimate of drug-likeness (QED) is 0.617. The van der Waals surface area contributed by atoms with E-state index in [0.29, 0.717) is 30.7 Å². The Morgan fingerprint density at radius 1 is 0.933 bits per heavy atom. The first-order valence-corrected chi connectivity index (χ1v) is 11.6. The molecule has 0 radical (unpaired) electrons. The molecule has 30 heavy (non-hydrogen) atoms. The van der Waals surface area contributed by atoms with Crippen molar-refractivity contribution >= 4 is 17.5 Å². The zero-order valence-corrected chi connectivity index (χ0v) is 17.8. The van der Waals surface area contributed by atoms with Crippen LogP contribution in [0, 0.1) is 11.7 Å². The van der Waals surface area contributed by atoms with Crippen LogP contribution in [0.15, 0.2) is 24.3 Å². The number of anilines is 1. The fourth-order valence-corrected chi connectivity index (χ4v) is 5.53. The summed E-state index contributed by atoms with van der Waals surface area (Å²) in [5.41, 5.74) is 0.623. The maximum atomic E-state index is 13.0. The molecule has 2 heterocycles. The zero-order chi connectivity index (χ0) is 20.9. The summed E-state index contributed by atoms with van der Waals surface area (Å²) in [6, 6.07) is 6.34. The van der Waals surface area contributed by atoms with E-state index in [4.69, 9.17) is 0 Å². The Hall–Kier alpha value is -1.99. The minimum Gasteiger partial charge on any atom is -0.335 e. The van der Waals surface area contributed by atoms with Gasteiger partial charge in [0.2, 0.25) is 0 Å². The Labute approximate surface area is 178 Å². The van der Waals surface area contributed by atoms with Gasteiger partial charge in [0.25, 0.3) is 11.8 Å². The second-order valence-electron chi connectivity index (χ2n) is 9.25. The van der Waals surface area contributed by atoms with Gasteiger partial charge in [-0.05, 0) is 55.9 Å². The van der Waals surface area contributed by atoms with E-state index in [0.717, 1.165) is 45.1 Å². The van der Waals surface area contributed by atoms with Crippen LogP contribution in [0.5, 0.6) is 0 Å². The van der Waals surface area contributed by atoms with Crippen molar-refractivity contribution in [3.05, 3.63) is 30.1 Å². The predicted octanol–water partition coefficient (Wildman–Crippen LogP) is -0.271. The molecule has 1 aliphatic carbocycles. The van der Waals surface area contributed by atoms with Crippen molar-refractivity contribution < 1.29 is 23.8 Å². The highest BCUT2D eigenvalue weighted by Gasteiger charge is 2.37. The Kier molecular flexibility index (Phi) is 7.00. The van der Waals surface area contributed by atoms with E-state index in [9.17, 15) is 14.0 Å². The smallest absolute Gasteiger partial charge is 0.279 e. The van der Waals surface area contributed by atoms with Gasteiger partial charge >= 0.3 is 0 Å². The average Bonchev–Trinajstić information content (AvgIpc) is 2.76. The van der Waals surface area contributed by atoms with Crippen LogP contribution in [0.3, 0.4) is 0 Å². The van der Waals surface area contributed by atoms with E-state index in [-0.39, 0.29) is 11.7 Å². The predicted molar refractivity (Wildman–Crippen MR) is 113 cm³/mol. The highest BCUT2D eigenvalue weighted by molar-refractivity contribution is 5.91. The number of carbonyl (C=O) groups excluding carboxylic acids is 2. The highest BCUT2D eigenvalue weighted by Crippen LogP contribution is 2.35. The maximum Gasteiger partial charge on any atom is 0.279 e. The Bertz CT molecular complexity index is 731. The third-order valence-electron chi connectivity index (χ3n) is 7.17. The summed E-state index contributed by atoms with van der Waals surface area (Å²) in [6.07, 6.45) is 7.52. The lowest BCUT2D eigenvalue weighted by Crippen LogP contribution is -3.28. The number of piperazine rings is 1. The van der Waals surface area contributed by atoms with E-state index in [2.05, 4.69) is 10.2 Å². The van der Waals surface area contributed by atoms with Gasteiger partial charge in [-0.2, -0.15) is 0 Å². The molecule has 7 heteroatoms. The fourth-order valence-electron chi connectivity index (χ4n) is 5.53. The number of amides is 2. The van der Waals surface area contributed by atoms with E-state index < -0.39 is 0 Å². The highest BCUT2D eigenvalue weighted by atomic mass is 19.1. The van der Waals surface area contributed by atoms with Gasteiger partial charge in [0, 0.05) is 18.3 Å². The third-order valence-corrected chi connectivity index (χ3v) is 7.17. The molecule has 164 valence electrons. The Morgan fingerprint density at radius 3 is 2.30 bits per heavy atom. The van der Waals surface area contributed by atoms with Crippen LogP contribution in [-0.4, -0.2) is 68.6 Å². The van der Waals surface area contributed by atoms with E-state index in [1.807, 2.05) is 0 Å². The normalized spacial score (nSPS) is 29.2. The van der Waals surface area contributed by atoms with Crippen molar-refractivity contribution in [2.24, 2.45) is 5.92 Å². The van der Waals surface area contributed by atoms with Crippen molar-refractivity contribution in [2.45, 2.75) is 44.6 Å². The van der Waals surface area contributed by atoms with Crippen LogP contribution in [0.4, 0.5) is 10.1 Å². The first-order chi connectivity index (χ1) is 14.6. The van der Waals surface area contributed by atoms with Crippen LogP contribution in [0.2, 0.25) is 0 Å². The van der Waals surface area contributed by atoms with Gasteiger partial charge in [-0.3, -0.25) is 9.59 Å². The summed E-state index contributed by atoms with van der Waals surface area (Å²) >= 11 is 0. The number of halogens is 1. The number of hydrogen-bond donors (Lipinski definition) is 3. The summed E-state index contributed by atoms with van der Waals surface area (Å²) < 4.78 is 13.0. The number of likely N-dealkylation sites (tertiary alicyclic amines) is 1. The van der Waals surface area contributed by atoms with Gasteiger partial charge in [0.05, 0.1) is 0 Å². The van der Waals surface area contributed by atoms with Gasteiger partial charge in [-0.15, -0.1) is 0 Å². The van der Waals surface area contributed by atoms with Gasteiger partial charge in [0.1, 0.15) is 32.0 Å². The fraction of sp³-hybridized carbons (Fsp3) is 0.652. The molecule has 2 atom stereocenters. The molecular formula is C23H35FN4O2+2. The third kappa shape index (κ3) is 5.38. The first kappa shape index (κ1) is 21.2. The monoisotopic (exact) mass is 418 g/mol. The molecule has 2 amide bonds. The number of carbonyl (C=O) groups is 2. The Balaban J connectivity index is 1.20. The summed E-state index contributed by atoms with van der Waals surface area (Å²) in [5, 5.41) is 2.84. The molecule has 4 rings (SSSR count). The van der Waals surface area contributed by atoms with Crippen LogP contribution in [0.1, 0.15) is 38.5 Å². The summed E-state index contributed by atoms with van der Waals surface area (Å²) in [7, 11) is 0. The SMILES string of the molecule is O=C(C[NH+]1CC[NH+](CC(=O)N2CCC[C@@H]3CCCC[C@@H]32)CC1)Nc1ccc(F)cc1. The molecular weight excluding hydrogens is 383 g/mol. The van der Waals surface area contributed by atoms with Gasteiger partial charge in [-0.25, -0.2) is 4.39 Å². The molecule has 1 aromatic rings. The number of rotatable bonds is 5. The molecule has 0 bridgehead atoms. The second kappa shape index (κ2) is 9.88. The number of nitrogens with zero attached hydrogens (tertiary/aromatic N) is 1. The lowest BCUT2D eigenvalue weighted by Gasteiger charge is -2.44. The van der Waals surface area contributed by atoms with Crippen LogP contribution >= 0.6 is 0 Å². The van der Waals surface area contributed by atoms with Gasteiger partial charge in [0.15, 0.2) is 13.1 Å². The molecule has 6 nitrogen and oxygen atoms in total. The van der Waals surface area contributed by atoms with Crippen LogP contribution in [0.25, 0.3) is 0 Å². The van der Waals surface area contributed by atoms with Crippen LogP contribution < -0.4 is 15.1 Å². The summed E-state index contributed by atoms with van der Waals surface area (Å²) in [4.78, 5) is 30.1. The van der Waals surface area contributed by atoms with E-state index in [1.54, 1.807) is 12.1 Å². The minimum atomic E-state index is -0.309. The van der Waals surface area contributed by atoms with Gasteiger partial charge < -0.3 is 20.0 Å². The molecule has 2 aliphatic heterocycles. The van der Waals surface area contributed by atoms with Crippen LogP contribution in [-0.2, 0) is 9.59 Å². The number of nitrogens with one attached hydrogen (secondary N) is 3. The van der Waals surface area contributed by atoms with Crippen molar-refractivity contribution in [1.82, 2.24) is 4.90 Å². The zero-order valence-electron chi connectivity index (χ0n) is 17.8. The largest absolute Gasteiger partial charge is 0.335 e. The molecule has 3 N–H and O–H groups in total. The summed E-state index contributed by atoms with van der Waals surface area (Å²) in [6.45, 7) is 5.58. The standard InChI is InChI=1S/C23H33FN4O2/c24-19-7-9-20(10-8-19)25-22(29)16-26-12-14-27(15-13-26)17-23(30)28-11-3-5-18-4-1-2-6-21(18)28/h7-10,18,21H,1-6,11-17H2,(H,25,29)/p+2/t18-,21-/m0/s1. The lowest BCUT2D eigenvalue weighted by molar-refractivity contribution is -1.00. The van der Waals surface area contributed by atoms with Crippen molar-refractivity contribution in [1.29, 1.82) is 0 Å². The number of fused-ring (bicyclic) bond motifs is 1. The lowest BCUT2D eigenvalue weighted by atomic mass is 9.78. The van der Waals surface area contributed by atoms with Crippen molar-refractivity contribution in [2.75, 3.05) is 51.1 Å². The topological polar surface area (TPSA) is 58.3 Å². The molecule has 0 aromatic heterocycles. The van der Waals surface area contributed by atoms with E-state index in [1.165, 1.54) is 54.0 Å².